The predicted molar refractivity (Wildman–Crippen MR) is 78.1 cm³/mol. The fourth-order valence-corrected chi connectivity index (χ4v) is 2.69. The number of phenolic OH excluding ortho intramolecular Hbond substituents is 1. The van der Waals surface area contributed by atoms with E-state index < -0.39 is 0 Å². The Morgan fingerprint density at radius 1 is 1.30 bits per heavy atom. The molecule has 0 spiro atoms. The summed E-state index contributed by atoms with van der Waals surface area (Å²) in [6, 6.07) is 13.4. The van der Waals surface area contributed by atoms with Crippen molar-refractivity contribution in [1.82, 2.24) is 5.32 Å². The number of aromatic hydroxyl groups is 1. The highest BCUT2D eigenvalue weighted by atomic mass is 16.3. The van der Waals surface area contributed by atoms with E-state index in [0.717, 1.165) is 12.0 Å². The normalized spacial score (nSPS) is 16.1. The van der Waals surface area contributed by atoms with Crippen LogP contribution in [0.15, 0.2) is 42.5 Å². The molecule has 3 rings (SSSR count). The van der Waals surface area contributed by atoms with Gasteiger partial charge >= 0.3 is 0 Å². The van der Waals surface area contributed by atoms with Gasteiger partial charge in [0.15, 0.2) is 0 Å². The lowest BCUT2D eigenvalue weighted by atomic mass is 9.77. The zero-order chi connectivity index (χ0) is 14.1. The van der Waals surface area contributed by atoms with Crippen molar-refractivity contribution in [3.63, 3.8) is 0 Å². The molecule has 3 nitrogen and oxygen atoms in total. The third-order valence-corrected chi connectivity index (χ3v) is 3.87. The topological polar surface area (TPSA) is 49.3 Å². The number of aryl methyl sites for hydroxylation is 1. The average Bonchev–Trinajstić information content (AvgIpc) is 2.42. The summed E-state index contributed by atoms with van der Waals surface area (Å²) < 4.78 is 0. The van der Waals surface area contributed by atoms with Crippen LogP contribution in [0.4, 0.5) is 0 Å². The molecule has 1 unspecified atom stereocenters. The van der Waals surface area contributed by atoms with Crippen LogP contribution < -0.4 is 5.32 Å². The fourth-order valence-electron chi connectivity index (χ4n) is 2.69. The molecule has 0 bridgehead atoms. The number of carbonyl (C=O) groups excluding carboxylic acids is 1. The van der Waals surface area contributed by atoms with Crippen molar-refractivity contribution in [2.24, 2.45) is 0 Å². The number of fused-ring (bicyclic) bond motifs is 1. The number of hydrogen-bond acceptors (Lipinski definition) is 2. The molecule has 0 saturated heterocycles. The van der Waals surface area contributed by atoms with Gasteiger partial charge in [-0.25, -0.2) is 0 Å². The van der Waals surface area contributed by atoms with Gasteiger partial charge in [0.25, 0.3) is 5.91 Å². The minimum Gasteiger partial charge on any atom is -0.507 e. The number of phenols is 1. The number of carbonyl (C=O) groups is 1. The van der Waals surface area contributed by atoms with Gasteiger partial charge in [0.1, 0.15) is 5.75 Å². The monoisotopic (exact) mass is 267 g/mol. The Labute approximate surface area is 118 Å². The summed E-state index contributed by atoms with van der Waals surface area (Å²) in [6.07, 6.45) is 1.01. The van der Waals surface area contributed by atoms with E-state index in [2.05, 4.69) is 17.4 Å². The third-order valence-electron chi connectivity index (χ3n) is 3.87. The van der Waals surface area contributed by atoms with Crippen LogP contribution >= 0.6 is 0 Å². The lowest BCUT2D eigenvalue weighted by molar-refractivity contribution is 0.0947. The molecule has 1 aliphatic carbocycles. The number of hydrogen-bond donors (Lipinski definition) is 2. The molecule has 0 aliphatic heterocycles. The molecule has 3 heteroatoms. The van der Waals surface area contributed by atoms with E-state index in [0.29, 0.717) is 18.0 Å². The molecule has 0 heterocycles. The van der Waals surface area contributed by atoms with Crippen molar-refractivity contribution < 1.29 is 9.90 Å². The standard InChI is InChI=1S/C17H17NO2/c1-11-6-7-16(19)15(8-11)17(20)18-10-13-9-12-4-2-3-5-14(12)13/h2-8,13,19H,9-10H2,1H3,(H,18,20). The lowest BCUT2D eigenvalue weighted by Crippen LogP contribution is -2.33. The lowest BCUT2D eigenvalue weighted by Gasteiger charge is -2.30. The zero-order valence-corrected chi connectivity index (χ0v) is 11.4. The van der Waals surface area contributed by atoms with Crippen molar-refractivity contribution in [2.45, 2.75) is 19.3 Å². The second kappa shape index (κ2) is 5.00. The Morgan fingerprint density at radius 3 is 2.90 bits per heavy atom. The Bertz CT molecular complexity index is 664. The summed E-state index contributed by atoms with van der Waals surface area (Å²) >= 11 is 0. The summed E-state index contributed by atoms with van der Waals surface area (Å²) in [4.78, 5) is 12.1. The Kier molecular flexibility index (Phi) is 3.18. The summed E-state index contributed by atoms with van der Waals surface area (Å²) in [7, 11) is 0. The van der Waals surface area contributed by atoms with Crippen molar-refractivity contribution >= 4 is 5.91 Å². The second-order valence-corrected chi connectivity index (χ2v) is 5.33. The highest BCUT2D eigenvalue weighted by Crippen LogP contribution is 2.34. The van der Waals surface area contributed by atoms with Gasteiger partial charge in [0, 0.05) is 12.5 Å². The maximum atomic E-state index is 12.1. The minimum atomic E-state index is -0.212. The van der Waals surface area contributed by atoms with Crippen LogP contribution in [0.25, 0.3) is 0 Å². The summed E-state index contributed by atoms with van der Waals surface area (Å²) in [5, 5.41) is 12.6. The van der Waals surface area contributed by atoms with E-state index in [1.165, 1.54) is 11.1 Å². The van der Waals surface area contributed by atoms with Gasteiger partial charge in [-0.2, -0.15) is 0 Å². The fraction of sp³-hybridized carbons (Fsp3) is 0.235. The molecule has 2 aromatic rings. The molecule has 1 amide bonds. The quantitative estimate of drug-likeness (QED) is 0.898. The first-order valence-corrected chi connectivity index (χ1v) is 6.81. The van der Waals surface area contributed by atoms with E-state index in [1.807, 2.05) is 19.1 Å². The molecule has 1 atom stereocenters. The van der Waals surface area contributed by atoms with Gasteiger partial charge in [-0.15, -0.1) is 0 Å². The van der Waals surface area contributed by atoms with Crippen molar-refractivity contribution in [1.29, 1.82) is 0 Å². The molecule has 102 valence electrons. The van der Waals surface area contributed by atoms with Gasteiger partial charge in [0.05, 0.1) is 5.56 Å². The van der Waals surface area contributed by atoms with Crippen LogP contribution in [0, 0.1) is 6.92 Å². The molecule has 0 fully saturated rings. The number of nitrogens with one attached hydrogen (secondary N) is 1. The molecule has 0 saturated carbocycles. The van der Waals surface area contributed by atoms with E-state index in [9.17, 15) is 9.90 Å². The highest BCUT2D eigenvalue weighted by molar-refractivity contribution is 5.97. The summed E-state index contributed by atoms with van der Waals surface area (Å²) in [5.41, 5.74) is 3.99. The molecular weight excluding hydrogens is 250 g/mol. The van der Waals surface area contributed by atoms with E-state index in [1.54, 1.807) is 18.2 Å². The van der Waals surface area contributed by atoms with Crippen LogP contribution in [-0.2, 0) is 6.42 Å². The van der Waals surface area contributed by atoms with Crippen LogP contribution in [0.3, 0.4) is 0 Å². The van der Waals surface area contributed by atoms with E-state index in [-0.39, 0.29) is 11.7 Å². The second-order valence-electron chi connectivity index (χ2n) is 5.33. The van der Waals surface area contributed by atoms with Crippen LogP contribution in [0.5, 0.6) is 5.75 Å². The maximum absolute atomic E-state index is 12.1. The van der Waals surface area contributed by atoms with Gasteiger partial charge in [-0.1, -0.05) is 35.9 Å². The first-order valence-electron chi connectivity index (χ1n) is 6.81. The maximum Gasteiger partial charge on any atom is 0.255 e. The number of rotatable bonds is 3. The van der Waals surface area contributed by atoms with Gasteiger partial charge in [0.2, 0.25) is 0 Å². The minimum absolute atomic E-state index is 0.0297. The molecule has 0 aromatic heterocycles. The van der Waals surface area contributed by atoms with Gasteiger partial charge < -0.3 is 10.4 Å². The predicted octanol–water partition coefficient (Wildman–Crippen LogP) is 2.77. The zero-order valence-electron chi connectivity index (χ0n) is 11.4. The van der Waals surface area contributed by atoms with E-state index in [4.69, 9.17) is 0 Å². The number of amides is 1. The van der Waals surface area contributed by atoms with Crippen LogP contribution in [-0.4, -0.2) is 17.6 Å². The van der Waals surface area contributed by atoms with Gasteiger partial charge in [-0.05, 0) is 36.6 Å². The molecule has 20 heavy (non-hydrogen) atoms. The van der Waals surface area contributed by atoms with E-state index >= 15 is 0 Å². The third kappa shape index (κ3) is 2.27. The summed E-state index contributed by atoms with van der Waals surface area (Å²) in [5.74, 6) is 0.208. The van der Waals surface area contributed by atoms with Crippen LogP contribution in [0.1, 0.15) is 33.0 Å². The van der Waals surface area contributed by atoms with Crippen LogP contribution in [0.2, 0.25) is 0 Å². The first-order chi connectivity index (χ1) is 9.65. The Balaban J connectivity index is 1.65. The Morgan fingerprint density at radius 2 is 2.10 bits per heavy atom. The average molecular weight is 267 g/mol. The summed E-state index contributed by atoms with van der Waals surface area (Å²) in [6.45, 7) is 2.52. The highest BCUT2D eigenvalue weighted by Gasteiger charge is 2.25. The Hall–Kier alpha value is -2.29. The smallest absolute Gasteiger partial charge is 0.255 e. The largest absolute Gasteiger partial charge is 0.507 e. The van der Waals surface area contributed by atoms with Crippen molar-refractivity contribution in [3.8, 4) is 5.75 Å². The molecular formula is C17H17NO2. The van der Waals surface area contributed by atoms with Crippen molar-refractivity contribution in [3.05, 3.63) is 64.7 Å². The molecule has 2 N–H and O–H groups in total. The SMILES string of the molecule is Cc1ccc(O)c(C(=O)NCC2Cc3ccccc32)c1. The first kappa shape index (κ1) is 12.7. The number of benzene rings is 2. The van der Waals surface area contributed by atoms with Crippen molar-refractivity contribution in [2.75, 3.05) is 6.54 Å². The molecule has 0 radical (unpaired) electrons. The molecule has 2 aromatic carbocycles. The van der Waals surface area contributed by atoms with Gasteiger partial charge in [-0.3, -0.25) is 4.79 Å². The molecule has 1 aliphatic rings.